The number of halogens is 1. The van der Waals surface area contributed by atoms with Crippen LogP contribution in [0.4, 0.5) is 4.39 Å². The van der Waals surface area contributed by atoms with Gasteiger partial charge in [0, 0.05) is 24.3 Å². The van der Waals surface area contributed by atoms with Crippen LogP contribution in [-0.4, -0.2) is 17.5 Å². The van der Waals surface area contributed by atoms with Crippen LogP contribution in [0.2, 0.25) is 0 Å². The fraction of sp³-hybridized carbons (Fsp3) is 0.250. The van der Waals surface area contributed by atoms with Gasteiger partial charge in [0.05, 0.1) is 5.52 Å². The standard InChI is InChI=1S/C12H12FNO2/c1-8(15)11-6-14(7-16-2)12-4-3-9(13)5-10(11)12/h3-6H,7H2,1-2H3. The summed E-state index contributed by atoms with van der Waals surface area (Å²) < 4.78 is 19.9. The number of hydrogen-bond acceptors (Lipinski definition) is 2. The molecular weight excluding hydrogens is 209 g/mol. The molecule has 16 heavy (non-hydrogen) atoms. The van der Waals surface area contributed by atoms with Crippen LogP contribution in [0.3, 0.4) is 0 Å². The Morgan fingerprint density at radius 3 is 2.88 bits per heavy atom. The average molecular weight is 221 g/mol. The summed E-state index contributed by atoms with van der Waals surface area (Å²) in [7, 11) is 1.57. The smallest absolute Gasteiger partial charge is 0.161 e. The Labute approximate surface area is 92.4 Å². The highest BCUT2D eigenvalue weighted by molar-refractivity contribution is 6.06. The van der Waals surface area contributed by atoms with E-state index in [9.17, 15) is 9.18 Å². The van der Waals surface area contributed by atoms with Gasteiger partial charge in [-0.15, -0.1) is 0 Å². The fourth-order valence-corrected chi connectivity index (χ4v) is 1.80. The van der Waals surface area contributed by atoms with E-state index in [1.807, 2.05) is 0 Å². The normalized spacial score (nSPS) is 10.9. The number of rotatable bonds is 3. The summed E-state index contributed by atoms with van der Waals surface area (Å²) in [4.78, 5) is 11.4. The van der Waals surface area contributed by atoms with Crippen molar-refractivity contribution in [3.8, 4) is 0 Å². The molecule has 0 N–H and O–H groups in total. The Kier molecular flexibility index (Phi) is 2.75. The zero-order chi connectivity index (χ0) is 11.7. The van der Waals surface area contributed by atoms with Gasteiger partial charge in [-0.1, -0.05) is 0 Å². The minimum atomic E-state index is -0.342. The van der Waals surface area contributed by atoms with Crippen molar-refractivity contribution in [2.75, 3.05) is 7.11 Å². The van der Waals surface area contributed by atoms with E-state index < -0.39 is 0 Å². The van der Waals surface area contributed by atoms with E-state index in [-0.39, 0.29) is 11.6 Å². The second-order valence-electron chi connectivity index (χ2n) is 3.65. The molecule has 0 atom stereocenters. The first-order valence-electron chi connectivity index (χ1n) is 4.91. The first-order chi connectivity index (χ1) is 7.63. The van der Waals surface area contributed by atoms with Crippen LogP contribution < -0.4 is 0 Å². The van der Waals surface area contributed by atoms with Gasteiger partial charge in [-0.05, 0) is 25.1 Å². The van der Waals surface area contributed by atoms with Crippen LogP contribution in [0, 0.1) is 5.82 Å². The number of aromatic nitrogens is 1. The number of fused-ring (bicyclic) bond motifs is 1. The van der Waals surface area contributed by atoms with Gasteiger partial charge in [0.1, 0.15) is 12.5 Å². The second kappa shape index (κ2) is 4.06. The number of nitrogens with zero attached hydrogens (tertiary/aromatic N) is 1. The van der Waals surface area contributed by atoms with Crippen molar-refractivity contribution < 1.29 is 13.9 Å². The first-order valence-corrected chi connectivity index (χ1v) is 4.91. The van der Waals surface area contributed by atoms with Crippen LogP contribution in [-0.2, 0) is 11.5 Å². The van der Waals surface area contributed by atoms with Gasteiger partial charge in [-0.3, -0.25) is 4.79 Å². The summed E-state index contributed by atoms with van der Waals surface area (Å²) in [5, 5.41) is 0.629. The molecule has 0 amide bonds. The minimum absolute atomic E-state index is 0.0783. The Bertz CT molecular complexity index is 545. The molecule has 0 saturated carbocycles. The summed E-state index contributed by atoms with van der Waals surface area (Å²) in [5.74, 6) is -0.421. The maximum atomic E-state index is 13.1. The molecule has 2 aromatic rings. The van der Waals surface area contributed by atoms with Crippen LogP contribution in [0.15, 0.2) is 24.4 Å². The number of carbonyl (C=O) groups is 1. The molecule has 3 nitrogen and oxygen atoms in total. The molecule has 1 aromatic carbocycles. The molecule has 4 heteroatoms. The lowest BCUT2D eigenvalue weighted by Gasteiger charge is -2.02. The fourth-order valence-electron chi connectivity index (χ4n) is 1.80. The van der Waals surface area contributed by atoms with E-state index in [1.165, 1.54) is 19.1 Å². The van der Waals surface area contributed by atoms with Crippen LogP contribution in [0.1, 0.15) is 17.3 Å². The Balaban J connectivity index is 2.71. The number of carbonyl (C=O) groups excluding carboxylic acids is 1. The Morgan fingerprint density at radius 1 is 1.50 bits per heavy atom. The molecule has 0 radical (unpaired) electrons. The molecule has 1 aromatic heterocycles. The summed E-state index contributed by atoms with van der Waals surface area (Å²) in [6.07, 6.45) is 1.69. The monoisotopic (exact) mass is 221 g/mol. The zero-order valence-corrected chi connectivity index (χ0v) is 9.16. The molecule has 0 saturated heterocycles. The number of Topliss-reactive ketones (excluding diaryl/α,β-unsaturated/α-hetero) is 1. The molecule has 0 bridgehead atoms. The van der Waals surface area contributed by atoms with Gasteiger partial charge < -0.3 is 9.30 Å². The van der Waals surface area contributed by atoms with Crippen LogP contribution in [0.5, 0.6) is 0 Å². The molecule has 0 spiro atoms. The Morgan fingerprint density at radius 2 is 2.25 bits per heavy atom. The molecule has 0 unspecified atom stereocenters. The third-order valence-electron chi connectivity index (χ3n) is 2.49. The zero-order valence-electron chi connectivity index (χ0n) is 9.16. The molecule has 0 aliphatic carbocycles. The highest BCUT2D eigenvalue weighted by Gasteiger charge is 2.12. The third-order valence-corrected chi connectivity index (χ3v) is 2.49. The topological polar surface area (TPSA) is 31.2 Å². The maximum absolute atomic E-state index is 13.1. The lowest BCUT2D eigenvalue weighted by molar-refractivity contribution is 0.101. The molecular formula is C12H12FNO2. The van der Waals surface area contributed by atoms with E-state index in [4.69, 9.17) is 4.74 Å². The average Bonchev–Trinajstić information content (AvgIpc) is 2.57. The van der Waals surface area contributed by atoms with Crippen molar-refractivity contribution in [1.82, 2.24) is 4.57 Å². The summed E-state index contributed by atoms with van der Waals surface area (Å²) >= 11 is 0. The number of ketones is 1. The van der Waals surface area contributed by atoms with E-state index in [2.05, 4.69) is 0 Å². The molecule has 1 heterocycles. The molecule has 0 aliphatic heterocycles. The van der Waals surface area contributed by atoms with Gasteiger partial charge in [0.15, 0.2) is 5.78 Å². The highest BCUT2D eigenvalue weighted by Crippen LogP contribution is 2.23. The minimum Gasteiger partial charge on any atom is -0.364 e. The SMILES string of the molecule is COCn1cc(C(C)=O)c2cc(F)ccc21. The second-order valence-corrected chi connectivity index (χ2v) is 3.65. The van der Waals surface area contributed by atoms with Gasteiger partial charge in [-0.2, -0.15) is 0 Å². The summed E-state index contributed by atoms with van der Waals surface area (Å²) in [5.41, 5.74) is 1.32. The Hall–Kier alpha value is -1.68. The number of hydrogen-bond donors (Lipinski definition) is 0. The third kappa shape index (κ3) is 1.72. The predicted molar refractivity (Wildman–Crippen MR) is 58.9 cm³/mol. The first kappa shape index (κ1) is 10.8. The maximum Gasteiger partial charge on any atom is 0.161 e. The largest absolute Gasteiger partial charge is 0.364 e. The predicted octanol–water partition coefficient (Wildman–Crippen LogP) is 2.59. The van der Waals surface area contributed by atoms with Crippen LogP contribution in [0.25, 0.3) is 10.9 Å². The van der Waals surface area contributed by atoms with Gasteiger partial charge in [-0.25, -0.2) is 4.39 Å². The highest BCUT2D eigenvalue weighted by atomic mass is 19.1. The lowest BCUT2D eigenvalue weighted by atomic mass is 10.1. The van der Waals surface area contributed by atoms with Crippen molar-refractivity contribution >= 4 is 16.7 Å². The van der Waals surface area contributed by atoms with Gasteiger partial charge >= 0.3 is 0 Å². The van der Waals surface area contributed by atoms with Crippen molar-refractivity contribution in [3.05, 3.63) is 35.8 Å². The summed E-state index contributed by atoms with van der Waals surface area (Å²) in [6.45, 7) is 1.81. The number of ether oxygens (including phenoxy) is 1. The number of methoxy groups -OCH3 is 1. The van der Waals surface area contributed by atoms with Crippen molar-refractivity contribution in [2.45, 2.75) is 13.7 Å². The van der Waals surface area contributed by atoms with Crippen LogP contribution >= 0.6 is 0 Å². The van der Waals surface area contributed by atoms with Crippen molar-refractivity contribution in [1.29, 1.82) is 0 Å². The van der Waals surface area contributed by atoms with Gasteiger partial charge in [0.25, 0.3) is 0 Å². The van der Waals surface area contributed by atoms with Gasteiger partial charge in [0.2, 0.25) is 0 Å². The molecule has 2 rings (SSSR count). The van der Waals surface area contributed by atoms with E-state index in [1.54, 1.807) is 23.9 Å². The van der Waals surface area contributed by atoms with Crippen molar-refractivity contribution in [2.24, 2.45) is 0 Å². The van der Waals surface area contributed by atoms with E-state index in [0.717, 1.165) is 5.52 Å². The van der Waals surface area contributed by atoms with Crippen molar-refractivity contribution in [3.63, 3.8) is 0 Å². The quantitative estimate of drug-likeness (QED) is 0.746. The van der Waals surface area contributed by atoms with E-state index >= 15 is 0 Å². The summed E-state index contributed by atoms with van der Waals surface area (Å²) in [6, 6.07) is 4.40. The lowest BCUT2D eigenvalue weighted by Crippen LogP contribution is -1.97. The van der Waals surface area contributed by atoms with E-state index in [0.29, 0.717) is 17.7 Å². The molecule has 0 fully saturated rings. The number of benzene rings is 1. The molecule has 84 valence electrons. The molecule has 0 aliphatic rings.